The van der Waals surface area contributed by atoms with Crippen molar-refractivity contribution in [2.75, 3.05) is 31.7 Å². The van der Waals surface area contributed by atoms with Crippen LogP contribution in [0.2, 0.25) is 0 Å². The molecular formula is C18H18N2O5S. The number of nitrogens with one attached hydrogen (secondary N) is 1. The maximum Gasteiger partial charge on any atom is 0.358 e. The van der Waals surface area contributed by atoms with Gasteiger partial charge in [-0.3, -0.25) is 4.79 Å². The Hall–Kier alpha value is -2.87. The molecule has 0 amide bonds. The lowest BCUT2D eigenvalue weighted by Crippen LogP contribution is -2.14. The van der Waals surface area contributed by atoms with Crippen molar-refractivity contribution in [1.29, 1.82) is 0 Å². The number of hydrogen-bond donors (Lipinski definition) is 1. The highest BCUT2D eigenvalue weighted by Crippen LogP contribution is 2.30. The van der Waals surface area contributed by atoms with Crippen molar-refractivity contribution in [2.45, 2.75) is 6.42 Å². The molecule has 0 bridgehead atoms. The molecule has 0 spiro atoms. The SMILES string of the molecule is C=CCNc1nc(C(=O)OCC(=O)c2ccc3c(c2)OCCCO3)cs1. The summed E-state index contributed by atoms with van der Waals surface area (Å²) in [5, 5.41) is 5.15. The molecule has 136 valence electrons. The van der Waals surface area contributed by atoms with Crippen LogP contribution in [0.1, 0.15) is 27.3 Å². The number of fused-ring (bicyclic) bond motifs is 1. The normalized spacial score (nSPS) is 12.8. The van der Waals surface area contributed by atoms with Gasteiger partial charge < -0.3 is 19.5 Å². The number of aromatic nitrogens is 1. The van der Waals surface area contributed by atoms with E-state index in [1.165, 1.54) is 11.3 Å². The van der Waals surface area contributed by atoms with Gasteiger partial charge in [0.15, 0.2) is 34.7 Å². The lowest BCUT2D eigenvalue weighted by Gasteiger charge is -2.09. The minimum absolute atomic E-state index is 0.160. The zero-order valence-corrected chi connectivity index (χ0v) is 14.8. The maximum absolute atomic E-state index is 12.3. The molecule has 0 unspecified atom stereocenters. The molecule has 2 aromatic rings. The predicted molar refractivity (Wildman–Crippen MR) is 97.5 cm³/mol. The van der Waals surface area contributed by atoms with Crippen LogP contribution in [-0.2, 0) is 4.74 Å². The summed E-state index contributed by atoms with van der Waals surface area (Å²) in [6.45, 7) is 4.88. The molecule has 0 saturated carbocycles. The maximum atomic E-state index is 12.3. The summed E-state index contributed by atoms with van der Waals surface area (Å²) in [5.74, 6) is 0.167. The number of hydrogen-bond acceptors (Lipinski definition) is 8. The van der Waals surface area contributed by atoms with Gasteiger partial charge in [0.05, 0.1) is 13.2 Å². The molecule has 0 radical (unpaired) electrons. The molecule has 8 heteroatoms. The number of benzene rings is 1. The molecule has 3 rings (SSSR count). The topological polar surface area (TPSA) is 86.8 Å². The number of carbonyl (C=O) groups excluding carboxylic acids is 2. The van der Waals surface area contributed by atoms with Crippen LogP contribution < -0.4 is 14.8 Å². The Morgan fingerprint density at radius 2 is 2.12 bits per heavy atom. The van der Waals surface area contributed by atoms with E-state index in [2.05, 4.69) is 16.9 Å². The average Bonchev–Trinajstić information content (AvgIpc) is 3.01. The Morgan fingerprint density at radius 1 is 1.31 bits per heavy atom. The van der Waals surface area contributed by atoms with Gasteiger partial charge in [0.1, 0.15) is 0 Å². The summed E-state index contributed by atoms with van der Waals surface area (Å²) in [7, 11) is 0. The summed E-state index contributed by atoms with van der Waals surface area (Å²) in [5.41, 5.74) is 0.557. The van der Waals surface area contributed by atoms with Gasteiger partial charge in [-0.05, 0) is 18.2 Å². The number of thiazole rings is 1. The third kappa shape index (κ3) is 4.40. The minimum Gasteiger partial charge on any atom is -0.490 e. The number of Topliss-reactive ketones (excluding diaryl/α,β-unsaturated/α-hetero) is 1. The Kier molecular flexibility index (Phi) is 5.85. The van der Waals surface area contributed by atoms with Crippen molar-refractivity contribution in [2.24, 2.45) is 0 Å². The molecule has 0 aliphatic carbocycles. The van der Waals surface area contributed by atoms with Crippen LogP contribution in [0.15, 0.2) is 36.2 Å². The average molecular weight is 374 g/mol. The molecule has 1 aromatic carbocycles. The van der Waals surface area contributed by atoms with Gasteiger partial charge in [0, 0.05) is 23.9 Å². The molecule has 1 aliphatic heterocycles. The van der Waals surface area contributed by atoms with Crippen molar-refractivity contribution in [3.05, 3.63) is 47.5 Å². The van der Waals surface area contributed by atoms with E-state index in [4.69, 9.17) is 14.2 Å². The van der Waals surface area contributed by atoms with Crippen molar-refractivity contribution < 1.29 is 23.8 Å². The Morgan fingerprint density at radius 3 is 2.92 bits per heavy atom. The van der Waals surface area contributed by atoms with Crippen LogP contribution in [0.25, 0.3) is 0 Å². The van der Waals surface area contributed by atoms with Crippen LogP contribution in [0, 0.1) is 0 Å². The third-order valence-corrected chi connectivity index (χ3v) is 4.31. The second kappa shape index (κ2) is 8.48. The first-order valence-electron chi connectivity index (χ1n) is 8.07. The van der Waals surface area contributed by atoms with Crippen molar-refractivity contribution in [3.63, 3.8) is 0 Å². The highest BCUT2D eigenvalue weighted by atomic mass is 32.1. The summed E-state index contributed by atoms with van der Waals surface area (Å²) < 4.78 is 16.2. The summed E-state index contributed by atoms with van der Waals surface area (Å²) in [4.78, 5) is 28.4. The number of ether oxygens (including phenoxy) is 3. The quantitative estimate of drug-likeness (QED) is 0.453. The molecular weight excluding hydrogens is 356 g/mol. The first-order chi connectivity index (χ1) is 12.7. The standard InChI is InChI=1S/C18H18N2O5S/c1-2-6-19-18-20-13(11-26-18)17(22)25-10-14(21)12-4-5-15-16(9-12)24-8-3-7-23-15/h2,4-5,9,11H,1,3,6-8,10H2,(H,19,20). The van der Waals surface area contributed by atoms with Gasteiger partial charge in [0.25, 0.3) is 0 Å². The number of esters is 1. The Labute approximate surface area is 154 Å². The van der Waals surface area contributed by atoms with Gasteiger partial charge in [-0.2, -0.15) is 0 Å². The molecule has 2 heterocycles. The minimum atomic E-state index is -0.643. The molecule has 1 N–H and O–H groups in total. The van der Waals surface area contributed by atoms with Gasteiger partial charge in [-0.1, -0.05) is 6.08 Å². The molecule has 0 saturated heterocycles. The van der Waals surface area contributed by atoms with Crippen LogP contribution >= 0.6 is 11.3 Å². The van der Waals surface area contributed by atoms with Crippen LogP contribution in [-0.4, -0.2) is 43.1 Å². The highest BCUT2D eigenvalue weighted by molar-refractivity contribution is 7.13. The molecule has 0 fully saturated rings. The van der Waals surface area contributed by atoms with Crippen LogP contribution in [0.3, 0.4) is 0 Å². The van der Waals surface area contributed by atoms with E-state index >= 15 is 0 Å². The van der Waals surface area contributed by atoms with Gasteiger partial charge in [-0.15, -0.1) is 17.9 Å². The van der Waals surface area contributed by atoms with E-state index in [0.29, 0.717) is 42.0 Å². The van der Waals surface area contributed by atoms with E-state index < -0.39 is 5.97 Å². The first-order valence-corrected chi connectivity index (χ1v) is 8.95. The fourth-order valence-electron chi connectivity index (χ4n) is 2.23. The number of ketones is 1. The van der Waals surface area contributed by atoms with E-state index in [0.717, 1.165) is 6.42 Å². The second-order valence-corrected chi connectivity index (χ2v) is 6.28. The van der Waals surface area contributed by atoms with Crippen molar-refractivity contribution in [1.82, 2.24) is 4.98 Å². The van der Waals surface area contributed by atoms with Crippen LogP contribution in [0.4, 0.5) is 5.13 Å². The van der Waals surface area contributed by atoms with E-state index in [1.54, 1.807) is 29.7 Å². The van der Waals surface area contributed by atoms with Gasteiger partial charge >= 0.3 is 5.97 Å². The van der Waals surface area contributed by atoms with E-state index in [-0.39, 0.29) is 18.1 Å². The molecule has 0 atom stereocenters. The largest absolute Gasteiger partial charge is 0.490 e. The molecule has 1 aliphatic rings. The van der Waals surface area contributed by atoms with Crippen LogP contribution in [0.5, 0.6) is 11.5 Å². The van der Waals surface area contributed by atoms with Gasteiger partial charge in [0.2, 0.25) is 0 Å². The molecule has 26 heavy (non-hydrogen) atoms. The lowest BCUT2D eigenvalue weighted by atomic mass is 10.1. The number of anilines is 1. The monoisotopic (exact) mass is 374 g/mol. The van der Waals surface area contributed by atoms with E-state index in [9.17, 15) is 9.59 Å². The Bertz CT molecular complexity index is 818. The van der Waals surface area contributed by atoms with Crippen molar-refractivity contribution in [3.8, 4) is 11.5 Å². The summed E-state index contributed by atoms with van der Waals surface area (Å²) in [6, 6.07) is 4.93. The second-order valence-electron chi connectivity index (χ2n) is 5.42. The van der Waals surface area contributed by atoms with Crippen molar-refractivity contribution >= 4 is 28.2 Å². The summed E-state index contributed by atoms with van der Waals surface area (Å²) in [6.07, 6.45) is 2.47. The molecule has 1 aromatic heterocycles. The predicted octanol–water partition coefficient (Wildman–Crippen LogP) is 2.94. The molecule has 7 nitrogen and oxygen atoms in total. The number of carbonyl (C=O) groups is 2. The Balaban J connectivity index is 1.58. The smallest absolute Gasteiger partial charge is 0.358 e. The third-order valence-electron chi connectivity index (χ3n) is 3.51. The zero-order chi connectivity index (χ0) is 18.4. The van der Waals surface area contributed by atoms with Gasteiger partial charge in [-0.25, -0.2) is 9.78 Å². The zero-order valence-electron chi connectivity index (χ0n) is 14.0. The highest BCUT2D eigenvalue weighted by Gasteiger charge is 2.17. The fraction of sp³-hybridized carbons (Fsp3) is 0.278. The van der Waals surface area contributed by atoms with E-state index in [1.807, 2.05) is 0 Å². The first kappa shape index (κ1) is 17.9. The fourth-order valence-corrected chi connectivity index (χ4v) is 2.92. The summed E-state index contributed by atoms with van der Waals surface area (Å²) >= 11 is 1.28. The number of rotatable bonds is 7. The lowest BCUT2D eigenvalue weighted by molar-refractivity contribution is 0.0470. The number of nitrogens with zero attached hydrogens (tertiary/aromatic N) is 1.